The quantitative estimate of drug-likeness (QED) is 0.432. The molecule has 0 amide bonds. The van der Waals surface area contributed by atoms with E-state index >= 15 is 0 Å². The average molecular weight is 353 g/mol. The van der Waals surface area contributed by atoms with E-state index in [1.807, 2.05) is 6.07 Å². The third-order valence-electron chi connectivity index (χ3n) is 4.90. The fourth-order valence-corrected chi connectivity index (χ4v) is 3.70. The van der Waals surface area contributed by atoms with Crippen LogP contribution in [-0.2, 0) is 13.5 Å². The molecule has 134 valence electrons. The molecule has 1 heterocycles. The molecule has 0 spiro atoms. The minimum absolute atomic E-state index is 0.863. The van der Waals surface area contributed by atoms with E-state index in [0.717, 1.165) is 12.2 Å². The van der Waals surface area contributed by atoms with Gasteiger partial charge in [0.1, 0.15) is 5.75 Å². The van der Waals surface area contributed by atoms with Crippen molar-refractivity contribution in [1.82, 2.24) is 4.57 Å². The number of aromatic nitrogens is 1. The number of aryl methyl sites for hydroxylation is 1. The van der Waals surface area contributed by atoms with Crippen LogP contribution in [0, 0.1) is 0 Å². The first-order valence-corrected chi connectivity index (χ1v) is 9.18. The van der Waals surface area contributed by atoms with Crippen LogP contribution < -0.4 is 4.74 Å². The summed E-state index contributed by atoms with van der Waals surface area (Å²) in [6.07, 6.45) is 3.12. The van der Waals surface area contributed by atoms with Crippen molar-refractivity contribution in [2.24, 2.45) is 7.05 Å². The zero-order valence-corrected chi connectivity index (χ0v) is 15.7. The molecule has 0 radical (unpaired) electrons. The van der Waals surface area contributed by atoms with Crippen LogP contribution in [-0.4, -0.2) is 11.7 Å². The zero-order valence-electron chi connectivity index (χ0n) is 15.7. The summed E-state index contributed by atoms with van der Waals surface area (Å²) in [5.74, 6) is 0.896. The van der Waals surface area contributed by atoms with Crippen LogP contribution in [0.1, 0.15) is 11.1 Å². The summed E-state index contributed by atoms with van der Waals surface area (Å²) >= 11 is 0. The SMILES string of the molecule is COc1cccc(Cc2cn(C)c(-c3ccccc3)c2-c2ccccc2)c1. The largest absolute Gasteiger partial charge is 0.497 e. The van der Waals surface area contributed by atoms with Gasteiger partial charge in [-0.25, -0.2) is 0 Å². The first-order valence-electron chi connectivity index (χ1n) is 9.18. The Bertz CT molecular complexity index is 1030. The number of ether oxygens (including phenoxy) is 1. The van der Waals surface area contributed by atoms with Gasteiger partial charge in [0.2, 0.25) is 0 Å². The second-order valence-corrected chi connectivity index (χ2v) is 6.75. The Morgan fingerprint density at radius 1 is 0.778 bits per heavy atom. The molecule has 3 aromatic carbocycles. The first-order chi connectivity index (χ1) is 13.3. The minimum atomic E-state index is 0.863. The van der Waals surface area contributed by atoms with Crippen LogP contribution in [0.3, 0.4) is 0 Å². The highest BCUT2D eigenvalue weighted by Gasteiger charge is 2.17. The molecule has 0 fully saturated rings. The van der Waals surface area contributed by atoms with Crippen molar-refractivity contribution in [3.8, 4) is 28.1 Å². The van der Waals surface area contributed by atoms with Gasteiger partial charge in [-0.1, -0.05) is 72.8 Å². The molecule has 0 unspecified atom stereocenters. The van der Waals surface area contributed by atoms with E-state index in [1.165, 1.54) is 33.5 Å². The summed E-state index contributed by atoms with van der Waals surface area (Å²) in [5, 5.41) is 0. The molecule has 4 rings (SSSR count). The van der Waals surface area contributed by atoms with Gasteiger partial charge < -0.3 is 9.30 Å². The number of rotatable bonds is 5. The van der Waals surface area contributed by atoms with E-state index < -0.39 is 0 Å². The molecule has 0 aliphatic carbocycles. The maximum atomic E-state index is 5.40. The second kappa shape index (κ2) is 7.55. The molecule has 0 saturated carbocycles. The average Bonchev–Trinajstić information content (AvgIpc) is 3.05. The van der Waals surface area contributed by atoms with Gasteiger partial charge in [0, 0.05) is 18.8 Å². The van der Waals surface area contributed by atoms with Crippen LogP contribution >= 0.6 is 0 Å². The van der Waals surface area contributed by atoms with E-state index in [-0.39, 0.29) is 0 Å². The van der Waals surface area contributed by atoms with Crippen molar-refractivity contribution >= 4 is 0 Å². The van der Waals surface area contributed by atoms with Crippen molar-refractivity contribution in [1.29, 1.82) is 0 Å². The van der Waals surface area contributed by atoms with Crippen molar-refractivity contribution in [2.45, 2.75) is 6.42 Å². The molecule has 0 aliphatic heterocycles. The summed E-state index contributed by atoms with van der Waals surface area (Å²) in [6.45, 7) is 0. The Hall–Kier alpha value is -3.26. The Labute approximate surface area is 160 Å². The monoisotopic (exact) mass is 353 g/mol. The molecule has 0 atom stereocenters. The maximum absolute atomic E-state index is 5.40. The maximum Gasteiger partial charge on any atom is 0.119 e. The molecule has 0 saturated heterocycles. The smallest absolute Gasteiger partial charge is 0.119 e. The van der Waals surface area contributed by atoms with Gasteiger partial charge in [0.15, 0.2) is 0 Å². The fourth-order valence-electron chi connectivity index (χ4n) is 3.70. The third kappa shape index (κ3) is 3.52. The van der Waals surface area contributed by atoms with Gasteiger partial charge in [0.05, 0.1) is 12.8 Å². The Morgan fingerprint density at radius 2 is 1.44 bits per heavy atom. The van der Waals surface area contributed by atoms with Crippen molar-refractivity contribution < 1.29 is 4.74 Å². The number of benzene rings is 3. The second-order valence-electron chi connectivity index (χ2n) is 6.75. The predicted octanol–water partition coefficient (Wildman–Crippen LogP) is 5.96. The van der Waals surface area contributed by atoms with Gasteiger partial charge in [0.25, 0.3) is 0 Å². The lowest BCUT2D eigenvalue weighted by molar-refractivity contribution is 0.414. The van der Waals surface area contributed by atoms with Crippen molar-refractivity contribution in [3.63, 3.8) is 0 Å². The van der Waals surface area contributed by atoms with Gasteiger partial charge in [-0.3, -0.25) is 0 Å². The summed E-state index contributed by atoms with van der Waals surface area (Å²) < 4.78 is 7.64. The fraction of sp³-hybridized carbons (Fsp3) is 0.120. The van der Waals surface area contributed by atoms with E-state index in [2.05, 4.69) is 96.7 Å². The highest BCUT2D eigenvalue weighted by Crippen LogP contribution is 2.37. The normalized spacial score (nSPS) is 10.7. The Kier molecular flexibility index (Phi) is 4.80. The molecule has 2 heteroatoms. The van der Waals surface area contributed by atoms with Crippen molar-refractivity contribution in [2.75, 3.05) is 7.11 Å². The van der Waals surface area contributed by atoms with E-state index in [9.17, 15) is 0 Å². The van der Waals surface area contributed by atoms with Gasteiger partial charge in [-0.15, -0.1) is 0 Å². The molecule has 4 aromatic rings. The third-order valence-corrected chi connectivity index (χ3v) is 4.90. The Morgan fingerprint density at radius 3 is 2.11 bits per heavy atom. The van der Waals surface area contributed by atoms with Crippen LogP contribution in [0.15, 0.2) is 91.1 Å². The molecular formula is C25H23NO. The summed E-state index contributed by atoms with van der Waals surface area (Å²) in [6, 6.07) is 29.6. The summed E-state index contributed by atoms with van der Waals surface area (Å²) in [7, 11) is 3.84. The van der Waals surface area contributed by atoms with Crippen molar-refractivity contribution in [3.05, 3.63) is 102 Å². The Balaban J connectivity index is 1.87. The number of hydrogen-bond acceptors (Lipinski definition) is 1. The summed E-state index contributed by atoms with van der Waals surface area (Å²) in [5.41, 5.74) is 7.59. The van der Waals surface area contributed by atoms with Crippen LogP contribution in [0.25, 0.3) is 22.4 Å². The summed E-state index contributed by atoms with van der Waals surface area (Å²) in [4.78, 5) is 0. The highest BCUT2D eigenvalue weighted by atomic mass is 16.5. The lowest BCUT2D eigenvalue weighted by atomic mass is 9.94. The lowest BCUT2D eigenvalue weighted by Gasteiger charge is -2.11. The van der Waals surface area contributed by atoms with Gasteiger partial charge in [-0.2, -0.15) is 0 Å². The van der Waals surface area contributed by atoms with E-state index in [1.54, 1.807) is 7.11 Å². The van der Waals surface area contributed by atoms with E-state index in [4.69, 9.17) is 4.74 Å². The molecule has 27 heavy (non-hydrogen) atoms. The molecule has 0 aliphatic rings. The zero-order chi connectivity index (χ0) is 18.6. The molecule has 2 nitrogen and oxygen atoms in total. The van der Waals surface area contributed by atoms with Crippen LogP contribution in [0.4, 0.5) is 0 Å². The standard InChI is InChI=1S/C25H23NO/c1-26-18-22(16-19-10-9-15-23(17-19)27-2)24(20-11-5-3-6-12-20)25(26)21-13-7-4-8-14-21/h3-15,17-18H,16H2,1-2H3. The highest BCUT2D eigenvalue weighted by molar-refractivity contribution is 5.84. The van der Waals surface area contributed by atoms with Crippen LogP contribution in [0.5, 0.6) is 5.75 Å². The lowest BCUT2D eigenvalue weighted by Crippen LogP contribution is -1.92. The molecular weight excluding hydrogens is 330 g/mol. The topological polar surface area (TPSA) is 14.2 Å². The van der Waals surface area contributed by atoms with Crippen LogP contribution in [0.2, 0.25) is 0 Å². The molecule has 0 N–H and O–H groups in total. The number of methoxy groups -OCH3 is 1. The molecule has 0 bridgehead atoms. The minimum Gasteiger partial charge on any atom is -0.497 e. The number of nitrogens with zero attached hydrogens (tertiary/aromatic N) is 1. The first kappa shape index (κ1) is 17.2. The van der Waals surface area contributed by atoms with Gasteiger partial charge >= 0.3 is 0 Å². The van der Waals surface area contributed by atoms with Gasteiger partial charge in [-0.05, 0) is 40.8 Å². The number of hydrogen-bond donors (Lipinski definition) is 0. The van der Waals surface area contributed by atoms with E-state index in [0.29, 0.717) is 0 Å². The predicted molar refractivity (Wildman–Crippen MR) is 112 cm³/mol. The molecule has 1 aromatic heterocycles.